The maximum Gasteiger partial charge on any atom is 0.307 e. The quantitative estimate of drug-likeness (QED) is 0.110. The summed E-state index contributed by atoms with van der Waals surface area (Å²) in [6, 6.07) is 7.58. The Bertz CT molecular complexity index is 1520. The molecule has 3 N–H and O–H groups in total. The summed E-state index contributed by atoms with van der Waals surface area (Å²) in [6.07, 6.45) is 0.774. The van der Waals surface area contributed by atoms with Gasteiger partial charge in [-0.05, 0) is 42.6 Å². The first-order chi connectivity index (χ1) is 28.4. The molecule has 1 saturated heterocycles. The van der Waals surface area contributed by atoms with Crippen LogP contribution >= 0.6 is 0 Å². The Balaban J connectivity index is 2.27. The molecule has 1 fully saturated rings. The van der Waals surface area contributed by atoms with Crippen molar-refractivity contribution in [2.24, 2.45) is 41.2 Å². The third kappa shape index (κ3) is 14.7. The lowest BCUT2D eigenvalue weighted by Gasteiger charge is -2.41. The number of Topliss-reactive ketones (excluding diaryl/α,β-unsaturated/α-hetero) is 2. The van der Waals surface area contributed by atoms with Crippen LogP contribution in [0.5, 0.6) is 0 Å². The number of nitrogens with zero attached hydrogens (tertiary/aromatic N) is 3. The number of hydrogen-bond acceptors (Lipinski definition) is 10. The van der Waals surface area contributed by atoms with Crippen LogP contribution in [0.25, 0.3) is 0 Å². The third-order valence-corrected chi connectivity index (χ3v) is 12.5. The summed E-state index contributed by atoms with van der Waals surface area (Å²) in [6.45, 7) is 14.7. The van der Waals surface area contributed by atoms with Gasteiger partial charge in [-0.25, -0.2) is 0 Å². The van der Waals surface area contributed by atoms with E-state index in [1.165, 1.54) is 19.1 Å². The number of carbonyl (C=O) groups excluding carboxylic acids is 5. The number of benzene rings is 1. The van der Waals surface area contributed by atoms with Crippen LogP contribution < -0.4 is 5.73 Å². The molecule has 340 valence electrons. The molecule has 1 aliphatic rings. The second kappa shape index (κ2) is 25.9. The van der Waals surface area contributed by atoms with E-state index in [0.717, 1.165) is 5.56 Å². The van der Waals surface area contributed by atoms with Crippen molar-refractivity contribution in [1.29, 1.82) is 0 Å². The molecule has 3 amide bonds. The normalized spacial score (nSPS) is 18.3. The molecule has 60 heavy (non-hydrogen) atoms. The molecule has 2 rings (SSSR count). The number of ether oxygens (including phenoxy) is 3. The number of amides is 3. The van der Waals surface area contributed by atoms with Gasteiger partial charge in [0.1, 0.15) is 5.78 Å². The fraction of sp³-hybridized carbons (Fsp3) is 0.739. The largest absolute Gasteiger partial charge is 0.481 e. The molecule has 0 aliphatic carbocycles. The highest BCUT2D eigenvalue weighted by molar-refractivity contribution is 5.93. The van der Waals surface area contributed by atoms with Crippen LogP contribution in [0.2, 0.25) is 0 Å². The van der Waals surface area contributed by atoms with Crippen molar-refractivity contribution in [3.8, 4) is 0 Å². The summed E-state index contributed by atoms with van der Waals surface area (Å²) in [5, 5.41) is 9.97. The Kier molecular flexibility index (Phi) is 22.6. The smallest absolute Gasteiger partial charge is 0.307 e. The Hall–Kier alpha value is -3.72. The van der Waals surface area contributed by atoms with Crippen molar-refractivity contribution in [2.75, 3.05) is 54.6 Å². The van der Waals surface area contributed by atoms with Gasteiger partial charge in [0.25, 0.3) is 0 Å². The molecule has 14 nitrogen and oxygen atoms in total. The van der Waals surface area contributed by atoms with Gasteiger partial charge in [-0.3, -0.25) is 28.8 Å². The van der Waals surface area contributed by atoms with Crippen molar-refractivity contribution < 1.29 is 48.1 Å². The summed E-state index contributed by atoms with van der Waals surface area (Å²) in [4.78, 5) is 86.6. The average molecular weight is 845 g/mol. The summed E-state index contributed by atoms with van der Waals surface area (Å²) < 4.78 is 17.4. The average Bonchev–Trinajstić information content (AvgIpc) is 3.70. The number of hydrogen-bond donors (Lipinski definition) is 2. The molecular weight excluding hydrogens is 769 g/mol. The molecule has 1 heterocycles. The first kappa shape index (κ1) is 52.4. The lowest BCUT2D eigenvalue weighted by molar-refractivity contribution is -0.150. The molecule has 0 aromatic heterocycles. The SMILES string of the molecule is CC[C@H](C)[C@@H]([C@@H](CC(=O)N1CCC[C@H]1[C@H](OC)[C@@H](C)C(=O)C[C@@H](Cc1ccccc1)C(=O)O)OC)N(C)C(=O)[C@@H](CC(=O)[C@H](C(C)C)N(C)C(=O)CCOCCN)C(C)C. The van der Waals surface area contributed by atoms with Crippen LogP contribution in [-0.4, -0.2) is 140 Å². The third-order valence-electron chi connectivity index (χ3n) is 12.5. The van der Waals surface area contributed by atoms with E-state index in [0.29, 0.717) is 39.0 Å². The van der Waals surface area contributed by atoms with E-state index in [2.05, 4.69) is 0 Å². The van der Waals surface area contributed by atoms with Gasteiger partial charge in [-0.2, -0.15) is 0 Å². The van der Waals surface area contributed by atoms with Crippen molar-refractivity contribution in [3.63, 3.8) is 0 Å². The highest BCUT2D eigenvalue weighted by Crippen LogP contribution is 2.32. The van der Waals surface area contributed by atoms with Crippen LogP contribution in [0.4, 0.5) is 0 Å². The second-order valence-electron chi connectivity index (χ2n) is 17.4. The van der Waals surface area contributed by atoms with E-state index < -0.39 is 54.1 Å². The number of carboxylic acid groups (broad SMARTS) is 1. The monoisotopic (exact) mass is 845 g/mol. The second-order valence-corrected chi connectivity index (χ2v) is 17.4. The number of rotatable bonds is 28. The Labute approximate surface area is 359 Å². The van der Waals surface area contributed by atoms with Crippen LogP contribution in [0.15, 0.2) is 30.3 Å². The number of methoxy groups -OCH3 is 2. The van der Waals surface area contributed by atoms with E-state index in [1.54, 1.807) is 30.8 Å². The zero-order valence-electron chi connectivity index (χ0n) is 38.3. The molecule has 1 aliphatic heterocycles. The molecule has 0 bridgehead atoms. The van der Waals surface area contributed by atoms with E-state index in [9.17, 15) is 33.9 Å². The predicted molar refractivity (Wildman–Crippen MR) is 231 cm³/mol. The minimum atomic E-state index is -1.04. The van der Waals surface area contributed by atoms with Crippen molar-refractivity contribution in [2.45, 2.75) is 130 Å². The van der Waals surface area contributed by atoms with Crippen molar-refractivity contribution >= 4 is 35.3 Å². The molecule has 1 aromatic rings. The summed E-state index contributed by atoms with van der Waals surface area (Å²) >= 11 is 0. The fourth-order valence-electron chi connectivity index (χ4n) is 8.83. The van der Waals surface area contributed by atoms with E-state index in [4.69, 9.17) is 19.9 Å². The molecule has 1 aromatic carbocycles. The van der Waals surface area contributed by atoms with Gasteiger partial charge in [0.05, 0.1) is 62.3 Å². The van der Waals surface area contributed by atoms with Gasteiger partial charge >= 0.3 is 5.97 Å². The molecule has 0 radical (unpaired) electrons. The number of aliphatic carboxylic acids is 1. The number of nitrogens with two attached hydrogens (primary N) is 1. The van der Waals surface area contributed by atoms with Crippen molar-refractivity contribution in [1.82, 2.24) is 14.7 Å². The Morgan fingerprint density at radius 3 is 2.05 bits per heavy atom. The lowest BCUT2D eigenvalue weighted by atomic mass is 9.83. The molecule has 9 atom stereocenters. The van der Waals surface area contributed by atoms with Gasteiger partial charge in [-0.1, -0.05) is 85.2 Å². The first-order valence-electron chi connectivity index (χ1n) is 21.8. The summed E-state index contributed by atoms with van der Waals surface area (Å²) in [7, 11) is 6.37. The highest BCUT2D eigenvalue weighted by atomic mass is 16.5. The van der Waals surface area contributed by atoms with E-state index >= 15 is 0 Å². The van der Waals surface area contributed by atoms with E-state index in [1.807, 2.05) is 71.9 Å². The Morgan fingerprint density at radius 2 is 1.52 bits per heavy atom. The number of likely N-dealkylation sites (tertiary alicyclic amines) is 1. The maximum absolute atomic E-state index is 14.5. The van der Waals surface area contributed by atoms with Gasteiger partial charge in [0.2, 0.25) is 17.7 Å². The fourth-order valence-corrected chi connectivity index (χ4v) is 8.83. The van der Waals surface area contributed by atoms with Crippen LogP contribution in [0.1, 0.15) is 99.0 Å². The van der Waals surface area contributed by atoms with Gasteiger partial charge < -0.3 is 39.8 Å². The van der Waals surface area contributed by atoms with Crippen LogP contribution in [0, 0.1) is 35.5 Å². The predicted octanol–water partition coefficient (Wildman–Crippen LogP) is 4.89. The summed E-state index contributed by atoms with van der Waals surface area (Å²) in [5.74, 6) is -4.84. The number of carboxylic acids is 1. The van der Waals surface area contributed by atoms with Gasteiger partial charge in [-0.15, -0.1) is 0 Å². The molecule has 0 saturated carbocycles. The van der Waals surface area contributed by atoms with Crippen LogP contribution in [0.3, 0.4) is 0 Å². The van der Waals surface area contributed by atoms with Crippen molar-refractivity contribution in [3.05, 3.63) is 35.9 Å². The topological polar surface area (TPSA) is 186 Å². The zero-order chi connectivity index (χ0) is 45.3. The summed E-state index contributed by atoms with van der Waals surface area (Å²) in [5.41, 5.74) is 6.32. The van der Waals surface area contributed by atoms with E-state index in [-0.39, 0.29) is 85.8 Å². The number of ketones is 2. The minimum Gasteiger partial charge on any atom is -0.481 e. The Morgan fingerprint density at radius 1 is 0.867 bits per heavy atom. The highest BCUT2D eigenvalue weighted by Gasteiger charge is 2.43. The number of carbonyl (C=O) groups is 6. The zero-order valence-corrected chi connectivity index (χ0v) is 38.3. The first-order valence-corrected chi connectivity index (χ1v) is 21.8. The molecular formula is C46H76N4O10. The number of likely N-dealkylation sites (N-methyl/N-ethyl adjacent to an activating group) is 2. The molecule has 14 heteroatoms. The molecule has 0 spiro atoms. The molecule has 0 unspecified atom stereocenters. The van der Waals surface area contributed by atoms with Crippen LogP contribution in [-0.2, 0) is 49.4 Å². The standard InChI is InChI=1S/C46H76N4O10/c1-12-31(6)43(49(9)45(55)35(29(2)3)27-38(52)42(30(4)5)48(8)40(53)20-23-60-24-21-47)39(58-10)28-41(54)50-22-16-19-36(50)44(59-11)32(7)37(51)26-34(46(56)57)25-33-17-14-13-15-18-33/h13-15,17-18,29-32,34-36,39,42-44H,12,16,19-28,47H2,1-11H3,(H,56,57)/t31-,32-,34+,35-,36-,39+,42-,43-,44+/m0/s1. The maximum atomic E-state index is 14.5. The lowest BCUT2D eigenvalue weighted by Crippen LogP contribution is -2.54. The van der Waals surface area contributed by atoms with Gasteiger partial charge in [0, 0.05) is 66.1 Å². The minimum absolute atomic E-state index is 0.0286. The van der Waals surface area contributed by atoms with Gasteiger partial charge in [0.15, 0.2) is 5.78 Å².